The summed E-state index contributed by atoms with van der Waals surface area (Å²) in [6.07, 6.45) is 0. The third kappa shape index (κ3) is 4.81. The highest BCUT2D eigenvalue weighted by atomic mass is 16.5. The van der Waals surface area contributed by atoms with E-state index in [1.165, 1.54) is 0 Å². The first-order valence-electron chi connectivity index (χ1n) is 13.2. The Bertz CT molecular complexity index is 2100. The molecule has 41 heavy (non-hydrogen) atoms. The summed E-state index contributed by atoms with van der Waals surface area (Å²) < 4.78 is 12.4. The van der Waals surface area contributed by atoms with Crippen molar-refractivity contribution in [3.05, 3.63) is 127 Å². The van der Waals surface area contributed by atoms with Crippen LogP contribution in [0.3, 0.4) is 0 Å². The van der Waals surface area contributed by atoms with Crippen LogP contribution in [-0.2, 0) is 0 Å². The quantitative estimate of drug-likeness (QED) is 0.204. The van der Waals surface area contributed by atoms with E-state index >= 15 is 0 Å². The number of fused-ring (bicyclic) bond motifs is 3. The van der Waals surface area contributed by atoms with Crippen LogP contribution < -0.4 is 9.47 Å². The normalized spacial score (nSPS) is 11.2. The first kappa shape index (κ1) is 24.4. The van der Waals surface area contributed by atoms with Gasteiger partial charge in [-0.05, 0) is 117 Å². The molecule has 0 heterocycles. The molecule has 0 bridgehead atoms. The summed E-state index contributed by atoms with van der Waals surface area (Å²) in [7, 11) is 0. The van der Waals surface area contributed by atoms with Crippen LogP contribution in [0.5, 0.6) is 40.2 Å². The Morgan fingerprint density at radius 3 is 1.54 bits per heavy atom. The number of hydrogen-bond acceptors (Lipinski definition) is 5. The Kier molecular flexibility index (Phi) is 5.83. The summed E-state index contributed by atoms with van der Waals surface area (Å²) in [6, 6.07) is 38.9. The van der Waals surface area contributed by atoms with E-state index < -0.39 is 0 Å². The molecule has 5 nitrogen and oxygen atoms in total. The monoisotopic (exact) mass is 536 g/mol. The number of phenols is 3. The maximum absolute atomic E-state index is 10.7. The van der Waals surface area contributed by atoms with Gasteiger partial charge in [-0.25, -0.2) is 0 Å². The molecule has 0 aliphatic carbocycles. The average Bonchev–Trinajstić information content (AvgIpc) is 2.96. The molecule has 0 fully saturated rings. The zero-order valence-electron chi connectivity index (χ0n) is 21.8. The summed E-state index contributed by atoms with van der Waals surface area (Å²) in [5.41, 5.74) is 1.35. The maximum atomic E-state index is 10.7. The van der Waals surface area contributed by atoms with Crippen molar-refractivity contribution in [2.45, 2.75) is 0 Å². The molecule has 0 saturated heterocycles. The van der Waals surface area contributed by atoms with Gasteiger partial charge >= 0.3 is 0 Å². The molecule has 0 amide bonds. The van der Waals surface area contributed by atoms with E-state index in [0.717, 1.165) is 32.3 Å². The zero-order valence-corrected chi connectivity index (χ0v) is 21.8. The highest BCUT2D eigenvalue weighted by molar-refractivity contribution is 6.00. The molecule has 0 atom stereocenters. The predicted molar refractivity (Wildman–Crippen MR) is 162 cm³/mol. The number of benzene rings is 7. The van der Waals surface area contributed by atoms with Gasteiger partial charge in [-0.1, -0.05) is 48.5 Å². The van der Waals surface area contributed by atoms with E-state index in [-0.39, 0.29) is 17.2 Å². The Morgan fingerprint density at radius 1 is 0.390 bits per heavy atom. The summed E-state index contributed by atoms with van der Waals surface area (Å²) in [6.45, 7) is 0. The number of aromatic hydroxyl groups is 3. The zero-order chi connectivity index (χ0) is 27.9. The van der Waals surface area contributed by atoms with Crippen molar-refractivity contribution < 1.29 is 24.8 Å². The van der Waals surface area contributed by atoms with Crippen molar-refractivity contribution in [1.82, 2.24) is 0 Å². The van der Waals surface area contributed by atoms with Crippen molar-refractivity contribution in [2.75, 3.05) is 0 Å². The topological polar surface area (TPSA) is 79.2 Å². The molecule has 7 aromatic carbocycles. The lowest BCUT2D eigenvalue weighted by molar-refractivity contribution is 0.474. The van der Waals surface area contributed by atoms with E-state index in [1.807, 2.05) is 91.0 Å². The molecule has 7 aromatic rings. The second-order valence-electron chi connectivity index (χ2n) is 9.96. The summed E-state index contributed by atoms with van der Waals surface area (Å²) >= 11 is 0. The molecule has 3 N–H and O–H groups in total. The number of hydrogen-bond donors (Lipinski definition) is 3. The van der Waals surface area contributed by atoms with Crippen LogP contribution in [-0.4, -0.2) is 15.3 Å². The molecule has 198 valence electrons. The largest absolute Gasteiger partial charge is 0.508 e. The highest BCUT2D eigenvalue weighted by Gasteiger charge is 2.12. The number of ether oxygens (including phenoxy) is 2. The van der Waals surface area contributed by atoms with E-state index in [4.69, 9.17) is 9.47 Å². The fraction of sp³-hybridized carbons (Fsp3) is 0. The molecular formula is C36H24O5. The van der Waals surface area contributed by atoms with Gasteiger partial charge in [0.15, 0.2) is 0 Å². The van der Waals surface area contributed by atoms with Crippen LogP contribution in [0.25, 0.3) is 43.4 Å². The standard InChI is InChI=1S/C36H24O5/c37-28-3-1-2-25(16-28)36-34-21-33(14-8-24(34)9-15-35(36)39)41-32-13-7-23-6-12-31(19-27(23)20-32)40-30-11-5-22-4-10-29(38)17-26(22)18-30/h1-21,37-39H. The van der Waals surface area contributed by atoms with Gasteiger partial charge in [-0.2, -0.15) is 0 Å². The van der Waals surface area contributed by atoms with Gasteiger partial charge in [0.05, 0.1) is 0 Å². The molecule has 0 spiro atoms. The molecule has 0 unspecified atom stereocenters. The van der Waals surface area contributed by atoms with Crippen molar-refractivity contribution in [3.63, 3.8) is 0 Å². The lowest BCUT2D eigenvalue weighted by Crippen LogP contribution is -1.88. The molecule has 0 aliphatic heterocycles. The molecule has 0 saturated carbocycles. The molecule has 7 rings (SSSR count). The van der Waals surface area contributed by atoms with Crippen LogP contribution in [0.15, 0.2) is 127 Å². The van der Waals surface area contributed by atoms with Crippen molar-refractivity contribution in [1.29, 1.82) is 0 Å². The fourth-order valence-electron chi connectivity index (χ4n) is 5.19. The second kappa shape index (κ2) is 9.81. The summed E-state index contributed by atoms with van der Waals surface area (Å²) in [5.74, 6) is 3.12. The summed E-state index contributed by atoms with van der Waals surface area (Å²) in [5, 5.41) is 36.2. The van der Waals surface area contributed by atoms with Gasteiger partial charge in [-0.3, -0.25) is 0 Å². The van der Waals surface area contributed by atoms with Crippen LogP contribution in [0.1, 0.15) is 0 Å². The molecule has 0 radical (unpaired) electrons. The Hall–Kier alpha value is -5.68. The average molecular weight is 537 g/mol. The highest BCUT2D eigenvalue weighted by Crippen LogP contribution is 2.40. The lowest BCUT2D eigenvalue weighted by atomic mass is 9.97. The first-order valence-corrected chi connectivity index (χ1v) is 13.2. The van der Waals surface area contributed by atoms with Crippen LogP contribution in [0.2, 0.25) is 0 Å². The van der Waals surface area contributed by atoms with Crippen LogP contribution >= 0.6 is 0 Å². The lowest BCUT2D eigenvalue weighted by Gasteiger charge is -2.13. The molecule has 0 aliphatic rings. The number of rotatable bonds is 5. The smallest absolute Gasteiger partial charge is 0.128 e. The van der Waals surface area contributed by atoms with Crippen molar-refractivity contribution in [3.8, 4) is 51.4 Å². The second-order valence-corrected chi connectivity index (χ2v) is 9.96. The van der Waals surface area contributed by atoms with Gasteiger partial charge in [0.1, 0.15) is 40.2 Å². The van der Waals surface area contributed by atoms with E-state index in [0.29, 0.717) is 34.1 Å². The molecular weight excluding hydrogens is 512 g/mol. The number of phenolic OH excluding ortho intramolecular Hbond substituents is 3. The SMILES string of the molecule is Oc1cccc(-c2c(O)ccc3ccc(Oc4ccc5ccc(Oc6ccc7ccc(O)cc7c6)cc5c4)cc23)c1. The van der Waals surface area contributed by atoms with Crippen LogP contribution in [0.4, 0.5) is 0 Å². The Labute approximate surface area is 235 Å². The predicted octanol–water partition coefficient (Wildman–Crippen LogP) is 9.51. The molecule has 0 aromatic heterocycles. The first-order chi connectivity index (χ1) is 20.0. The van der Waals surface area contributed by atoms with Crippen molar-refractivity contribution >= 4 is 32.3 Å². The fourth-order valence-corrected chi connectivity index (χ4v) is 5.19. The third-order valence-corrected chi connectivity index (χ3v) is 7.16. The van der Waals surface area contributed by atoms with Gasteiger partial charge in [-0.15, -0.1) is 0 Å². The van der Waals surface area contributed by atoms with E-state index in [2.05, 4.69) is 0 Å². The van der Waals surface area contributed by atoms with Gasteiger partial charge in [0.2, 0.25) is 0 Å². The molecule has 5 heteroatoms. The minimum atomic E-state index is 0.127. The van der Waals surface area contributed by atoms with E-state index in [9.17, 15) is 15.3 Å². The maximum Gasteiger partial charge on any atom is 0.128 e. The van der Waals surface area contributed by atoms with Crippen molar-refractivity contribution in [2.24, 2.45) is 0 Å². The minimum absolute atomic E-state index is 0.127. The minimum Gasteiger partial charge on any atom is -0.508 e. The van der Waals surface area contributed by atoms with Gasteiger partial charge in [0, 0.05) is 5.56 Å². The summed E-state index contributed by atoms with van der Waals surface area (Å²) in [4.78, 5) is 0. The Balaban J connectivity index is 1.20. The van der Waals surface area contributed by atoms with Gasteiger partial charge < -0.3 is 24.8 Å². The Morgan fingerprint density at radius 2 is 0.902 bits per heavy atom. The third-order valence-electron chi connectivity index (χ3n) is 7.16. The van der Waals surface area contributed by atoms with Crippen LogP contribution in [0, 0.1) is 0 Å². The van der Waals surface area contributed by atoms with Gasteiger partial charge in [0.25, 0.3) is 0 Å². The van der Waals surface area contributed by atoms with E-state index in [1.54, 1.807) is 36.4 Å².